The number of aromatic nitrogens is 1. The summed E-state index contributed by atoms with van der Waals surface area (Å²) in [7, 11) is 0. The van der Waals surface area contributed by atoms with E-state index in [1.54, 1.807) is 30.2 Å². The van der Waals surface area contributed by atoms with Crippen LogP contribution in [0.1, 0.15) is 37.9 Å². The van der Waals surface area contributed by atoms with Gasteiger partial charge in [0.1, 0.15) is 18.5 Å². The monoisotopic (exact) mass is 402 g/mol. The third-order valence-corrected chi connectivity index (χ3v) is 5.60. The normalized spacial score (nSPS) is 24.5. The first-order valence-electron chi connectivity index (χ1n) is 9.81. The molecule has 156 valence electrons. The van der Waals surface area contributed by atoms with E-state index >= 15 is 0 Å². The quantitative estimate of drug-likeness (QED) is 0.515. The number of hydrogen-bond donors (Lipinski definition) is 2. The Morgan fingerprint density at radius 1 is 1.52 bits per heavy atom. The van der Waals surface area contributed by atoms with Crippen LogP contribution in [-0.4, -0.2) is 53.3 Å². The van der Waals surface area contributed by atoms with E-state index in [2.05, 4.69) is 10.3 Å². The summed E-state index contributed by atoms with van der Waals surface area (Å²) < 4.78 is 18.4. The van der Waals surface area contributed by atoms with Crippen molar-refractivity contribution >= 4 is 17.5 Å². The molecule has 0 saturated carbocycles. The molecule has 29 heavy (non-hydrogen) atoms. The lowest BCUT2D eigenvalue weighted by Gasteiger charge is -2.35. The van der Waals surface area contributed by atoms with Crippen molar-refractivity contribution in [3.8, 4) is 5.88 Å². The molecule has 1 aromatic heterocycles. The van der Waals surface area contributed by atoms with Gasteiger partial charge in [-0.1, -0.05) is 12.2 Å². The zero-order valence-corrected chi connectivity index (χ0v) is 17.2. The van der Waals surface area contributed by atoms with E-state index < -0.39 is 23.4 Å². The zero-order chi connectivity index (χ0) is 21.3. The number of hydrogen-bond acceptors (Lipinski definition) is 5. The number of pyridine rings is 1. The highest BCUT2D eigenvalue weighted by molar-refractivity contribution is 6.41. The maximum absolute atomic E-state index is 13.0. The minimum absolute atomic E-state index is 0.0643. The van der Waals surface area contributed by atoms with E-state index in [0.29, 0.717) is 12.4 Å². The largest absolute Gasteiger partial charge is 0.474 e. The van der Waals surface area contributed by atoms with Crippen LogP contribution in [0.5, 0.6) is 5.88 Å². The van der Waals surface area contributed by atoms with Crippen LogP contribution in [0.15, 0.2) is 24.4 Å². The van der Waals surface area contributed by atoms with Crippen molar-refractivity contribution in [2.75, 3.05) is 19.7 Å². The molecule has 7 nitrogen and oxygen atoms in total. The maximum Gasteiger partial charge on any atom is 0.265 e. The van der Waals surface area contributed by atoms with Crippen molar-refractivity contribution in [3.05, 3.63) is 35.5 Å². The van der Waals surface area contributed by atoms with Crippen molar-refractivity contribution in [2.24, 2.45) is 11.3 Å². The van der Waals surface area contributed by atoms with Crippen LogP contribution in [0.25, 0.3) is 0 Å². The SMILES string of the molecule is CCNC(=O)C(=N)C12C=CC1C(=O)N(C(C)c1cnc(OCC(C)F)c(C)c1)C2. The molecule has 1 fully saturated rings. The molecule has 0 bridgehead atoms. The van der Waals surface area contributed by atoms with Crippen LogP contribution in [0, 0.1) is 23.7 Å². The molecule has 0 radical (unpaired) electrons. The third kappa shape index (κ3) is 3.63. The number of fused-ring (bicyclic) bond motifs is 1. The van der Waals surface area contributed by atoms with Crippen molar-refractivity contribution in [1.29, 1.82) is 5.41 Å². The summed E-state index contributed by atoms with van der Waals surface area (Å²) in [5.41, 5.74) is 0.631. The number of carbonyl (C=O) groups is 2. The van der Waals surface area contributed by atoms with Crippen LogP contribution in [-0.2, 0) is 9.59 Å². The second-order valence-corrected chi connectivity index (χ2v) is 7.74. The van der Waals surface area contributed by atoms with Gasteiger partial charge >= 0.3 is 0 Å². The molecule has 3 rings (SSSR count). The number of ether oxygens (including phenoxy) is 1. The standard InChI is InChI=1S/C21H27FN4O3/c1-5-24-18(27)17(23)21-7-6-16(21)20(28)26(11-21)14(4)15-8-12(2)19(25-9-15)29-10-13(3)22/h6-9,13-14,16,23H,5,10-11H2,1-4H3,(H,24,27). The maximum atomic E-state index is 13.0. The third-order valence-electron chi connectivity index (χ3n) is 5.60. The van der Waals surface area contributed by atoms with Gasteiger partial charge in [-0.3, -0.25) is 15.0 Å². The molecule has 2 amide bonds. The van der Waals surface area contributed by atoms with Gasteiger partial charge in [0, 0.05) is 24.8 Å². The second kappa shape index (κ2) is 7.93. The van der Waals surface area contributed by atoms with Gasteiger partial charge in [-0.25, -0.2) is 9.37 Å². The van der Waals surface area contributed by atoms with E-state index in [-0.39, 0.29) is 30.8 Å². The second-order valence-electron chi connectivity index (χ2n) is 7.74. The van der Waals surface area contributed by atoms with E-state index in [4.69, 9.17) is 10.1 Å². The molecular formula is C21H27FN4O3. The Labute approximate surface area is 169 Å². The fourth-order valence-electron chi connectivity index (χ4n) is 3.86. The first-order valence-corrected chi connectivity index (χ1v) is 9.81. The molecular weight excluding hydrogens is 375 g/mol. The average Bonchev–Trinajstić information content (AvgIpc) is 2.85. The summed E-state index contributed by atoms with van der Waals surface area (Å²) in [6.45, 7) is 7.58. The highest BCUT2D eigenvalue weighted by Gasteiger charge is 2.59. The van der Waals surface area contributed by atoms with Crippen molar-refractivity contribution in [3.63, 3.8) is 0 Å². The number of likely N-dealkylation sites (tertiary alicyclic amines) is 1. The Hall–Kier alpha value is -2.77. The number of amides is 2. The fourth-order valence-corrected chi connectivity index (χ4v) is 3.86. The minimum Gasteiger partial charge on any atom is -0.474 e. The molecule has 8 heteroatoms. The average molecular weight is 402 g/mol. The Morgan fingerprint density at radius 3 is 2.79 bits per heavy atom. The minimum atomic E-state index is -1.09. The summed E-state index contributed by atoms with van der Waals surface area (Å²) in [6, 6.07) is 1.59. The van der Waals surface area contributed by atoms with E-state index in [1.807, 2.05) is 19.9 Å². The van der Waals surface area contributed by atoms with E-state index in [9.17, 15) is 14.0 Å². The molecule has 1 saturated heterocycles. The molecule has 2 N–H and O–H groups in total. The summed E-state index contributed by atoms with van der Waals surface area (Å²) in [5, 5.41) is 11.0. The molecule has 2 heterocycles. The molecule has 4 unspecified atom stereocenters. The first kappa shape index (κ1) is 21.0. The number of halogens is 1. The van der Waals surface area contributed by atoms with Gasteiger partial charge in [0.05, 0.1) is 17.4 Å². The Bertz CT molecular complexity index is 869. The molecule has 1 aliphatic carbocycles. The molecule has 1 aromatic rings. The Kier molecular flexibility index (Phi) is 5.73. The van der Waals surface area contributed by atoms with Gasteiger partial charge in [-0.15, -0.1) is 0 Å². The highest BCUT2D eigenvalue weighted by atomic mass is 19.1. The smallest absolute Gasteiger partial charge is 0.265 e. The number of rotatable bonds is 8. The number of aryl methyl sites for hydroxylation is 1. The van der Waals surface area contributed by atoms with Crippen molar-refractivity contribution in [1.82, 2.24) is 15.2 Å². The van der Waals surface area contributed by atoms with Crippen LogP contribution >= 0.6 is 0 Å². The van der Waals surface area contributed by atoms with Gasteiger partial charge in [0.25, 0.3) is 5.91 Å². The van der Waals surface area contributed by atoms with E-state index in [0.717, 1.165) is 11.1 Å². The summed E-state index contributed by atoms with van der Waals surface area (Å²) >= 11 is 0. The van der Waals surface area contributed by atoms with Gasteiger partial charge in [-0.2, -0.15) is 0 Å². The molecule has 2 aliphatic rings. The van der Waals surface area contributed by atoms with Gasteiger partial charge in [-0.05, 0) is 39.3 Å². The first-order chi connectivity index (χ1) is 13.7. The lowest BCUT2D eigenvalue weighted by atomic mass is 9.65. The van der Waals surface area contributed by atoms with Crippen molar-refractivity contribution in [2.45, 2.75) is 39.9 Å². The topological polar surface area (TPSA) is 95.4 Å². The molecule has 0 spiro atoms. The van der Waals surface area contributed by atoms with Crippen LogP contribution in [0.2, 0.25) is 0 Å². The lowest BCUT2D eigenvalue weighted by molar-refractivity contribution is -0.131. The van der Waals surface area contributed by atoms with Crippen molar-refractivity contribution < 1.29 is 18.7 Å². The van der Waals surface area contributed by atoms with Crippen LogP contribution < -0.4 is 10.1 Å². The van der Waals surface area contributed by atoms with Gasteiger partial charge in [0.2, 0.25) is 11.8 Å². The summed E-state index contributed by atoms with van der Waals surface area (Å²) in [4.78, 5) is 31.1. The Morgan fingerprint density at radius 2 is 2.24 bits per heavy atom. The van der Waals surface area contributed by atoms with Crippen LogP contribution in [0.3, 0.4) is 0 Å². The lowest BCUT2D eigenvalue weighted by Crippen LogP contribution is -2.49. The van der Waals surface area contributed by atoms with E-state index in [1.165, 1.54) is 6.92 Å². The predicted octanol–water partition coefficient (Wildman–Crippen LogP) is 2.36. The Balaban J connectivity index is 1.78. The number of carbonyl (C=O) groups excluding carboxylic acids is 2. The summed E-state index contributed by atoms with van der Waals surface area (Å²) in [5.74, 6) is -0.652. The number of nitrogens with zero attached hydrogens (tertiary/aromatic N) is 2. The van der Waals surface area contributed by atoms with Gasteiger partial charge < -0.3 is 15.0 Å². The van der Waals surface area contributed by atoms with Gasteiger partial charge in [0.15, 0.2) is 0 Å². The van der Waals surface area contributed by atoms with Crippen LogP contribution in [0.4, 0.5) is 4.39 Å². The fraction of sp³-hybridized carbons (Fsp3) is 0.524. The molecule has 0 aromatic carbocycles. The molecule has 4 atom stereocenters. The highest BCUT2D eigenvalue weighted by Crippen LogP contribution is 2.49. The molecule has 1 aliphatic heterocycles. The number of alkyl halides is 1. The zero-order valence-electron chi connectivity index (χ0n) is 17.2. The predicted molar refractivity (Wildman–Crippen MR) is 107 cm³/mol. The summed E-state index contributed by atoms with van der Waals surface area (Å²) in [6.07, 6.45) is 4.09. The number of nitrogens with one attached hydrogen (secondary N) is 2.